The van der Waals surface area contributed by atoms with E-state index in [-0.39, 0.29) is 45.6 Å². The normalized spacial score (nSPS) is 21.8. The standard InChI is InChI=1S/C59H70FN9O9S/c1-37(2)44-8-5-6-9-46(44)51-36-66(35-39-11-14-52(76-4)54-45(39)10-7-25-77-54)23-24-68(51)41-29-59(30-41)19-21-67(22-20-59)40-12-13-47(53(26-40)78-42-27-48-49(60)34-64-55(48)62-32-42)57(70)65-79(74,75)43-28-50(69(72)73)56(63-33-43)61-31-38-15-17-58(3,71)18-16-38/h5-6,8-9,11-14,26-28,32-34,37-38,41,51,71H,7,10,15-25,29-31,35-36H2,1-4H3,(H,61,63)(H,62,64)(H,65,70)/t38?,51-,58?/m0/s1. The fourth-order valence-corrected chi connectivity index (χ4v) is 13.8. The minimum atomic E-state index is -4.71. The molecule has 4 fully saturated rings. The van der Waals surface area contributed by atoms with Crippen molar-refractivity contribution < 1.29 is 41.8 Å². The number of H-pyrrole nitrogens is 1. The van der Waals surface area contributed by atoms with Crippen LogP contribution in [0.5, 0.6) is 23.0 Å². The van der Waals surface area contributed by atoms with Crippen molar-refractivity contribution >= 4 is 44.2 Å². The molecule has 0 radical (unpaired) electrons. The lowest BCUT2D eigenvalue weighted by Crippen LogP contribution is -2.60. The number of nitrogens with zero attached hydrogens (tertiary/aromatic N) is 6. The van der Waals surface area contributed by atoms with Crippen molar-refractivity contribution in [3.05, 3.63) is 129 Å². The Bertz CT molecular complexity index is 3360. The van der Waals surface area contributed by atoms with Crippen LogP contribution in [0.25, 0.3) is 11.0 Å². The van der Waals surface area contributed by atoms with Gasteiger partial charge in [0.05, 0.1) is 47.6 Å². The number of halogens is 1. The van der Waals surface area contributed by atoms with Crippen molar-refractivity contribution in [1.82, 2.24) is 29.5 Å². The van der Waals surface area contributed by atoms with Crippen LogP contribution in [0.4, 0.5) is 21.6 Å². The number of aromatic amines is 1. The number of amides is 1. The predicted octanol–water partition coefficient (Wildman–Crippen LogP) is 10.0. The predicted molar refractivity (Wildman–Crippen MR) is 298 cm³/mol. The van der Waals surface area contributed by atoms with Crippen LogP contribution in [0, 0.1) is 27.3 Å². The molecule has 3 aromatic carbocycles. The summed E-state index contributed by atoms with van der Waals surface area (Å²) in [4.78, 5) is 43.9. The van der Waals surface area contributed by atoms with Gasteiger partial charge in [-0.2, -0.15) is 0 Å². The molecule has 5 aliphatic rings. The van der Waals surface area contributed by atoms with Crippen molar-refractivity contribution in [1.29, 1.82) is 0 Å². The maximum Gasteiger partial charge on any atom is 0.312 e. The molecule has 4 N–H and O–H groups in total. The van der Waals surface area contributed by atoms with Crippen molar-refractivity contribution in [3.63, 3.8) is 0 Å². The lowest BCUT2D eigenvalue weighted by molar-refractivity contribution is -0.384. The first-order valence-corrected chi connectivity index (χ1v) is 29.2. The third-order valence-electron chi connectivity index (χ3n) is 17.4. The fourth-order valence-electron chi connectivity index (χ4n) is 12.9. The number of hydrogen-bond donors (Lipinski definition) is 4. The van der Waals surface area contributed by atoms with E-state index in [2.05, 4.69) is 83.9 Å². The third kappa shape index (κ3) is 11.3. The van der Waals surface area contributed by atoms with Crippen LogP contribution in [0.1, 0.15) is 123 Å². The number of piperazine rings is 1. The molecule has 418 valence electrons. The van der Waals surface area contributed by atoms with Crippen LogP contribution >= 0.6 is 0 Å². The Labute approximate surface area is 460 Å². The van der Waals surface area contributed by atoms with Crippen LogP contribution in [-0.4, -0.2) is 114 Å². The molecule has 11 rings (SSSR count). The van der Waals surface area contributed by atoms with E-state index in [9.17, 15) is 32.8 Å². The molecule has 0 bridgehead atoms. The highest BCUT2D eigenvalue weighted by molar-refractivity contribution is 7.90. The topological polar surface area (TPSA) is 218 Å². The van der Waals surface area contributed by atoms with Crippen molar-refractivity contribution in [2.75, 3.05) is 63.2 Å². The maximum atomic E-state index is 14.8. The third-order valence-corrected chi connectivity index (χ3v) is 18.7. The number of methoxy groups -OCH3 is 1. The van der Waals surface area contributed by atoms with Gasteiger partial charge in [-0.15, -0.1) is 0 Å². The van der Waals surface area contributed by atoms with Crippen molar-refractivity contribution in [2.45, 2.75) is 120 Å². The first-order valence-electron chi connectivity index (χ1n) is 27.7. The molecule has 18 nitrogen and oxygen atoms in total. The molecule has 6 aromatic rings. The van der Waals surface area contributed by atoms with E-state index in [0.717, 1.165) is 107 Å². The molecule has 2 saturated heterocycles. The molecule has 1 spiro atoms. The Balaban J connectivity index is 0.787. The van der Waals surface area contributed by atoms with Gasteiger partial charge < -0.3 is 34.5 Å². The van der Waals surface area contributed by atoms with Gasteiger partial charge in [0.15, 0.2) is 11.5 Å². The number of nitrogens with one attached hydrogen (secondary N) is 3. The molecule has 20 heteroatoms. The molecule has 1 amide bonds. The van der Waals surface area contributed by atoms with Crippen LogP contribution in [0.2, 0.25) is 0 Å². The summed E-state index contributed by atoms with van der Waals surface area (Å²) in [5.41, 5.74) is 5.15. The van der Waals surface area contributed by atoms with E-state index in [1.54, 1.807) is 26.2 Å². The minimum absolute atomic E-state index is 0.00578. The van der Waals surface area contributed by atoms with Gasteiger partial charge in [0, 0.05) is 87.5 Å². The number of aromatic nitrogens is 3. The number of anilines is 2. The Morgan fingerprint density at radius 2 is 1.78 bits per heavy atom. The number of ether oxygens (including phenoxy) is 3. The van der Waals surface area contributed by atoms with E-state index in [0.29, 0.717) is 56.4 Å². The molecular formula is C59H70FN9O9S. The molecule has 2 saturated carbocycles. The van der Waals surface area contributed by atoms with Crippen LogP contribution in [0.15, 0.2) is 90.2 Å². The molecule has 3 aliphatic heterocycles. The van der Waals surface area contributed by atoms with Gasteiger partial charge in [-0.05, 0) is 129 Å². The summed E-state index contributed by atoms with van der Waals surface area (Å²) in [5.74, 6) is 0.633. The summed E-state index contributed by atoms with van der Waals surface area (Å²) in [5, 5.41) is 25.7. The number of piperidine rings is 1. The average molecular weight is 1100 g/mol. The number of aliphatic hydroxyl groups is 1. The smallest absolute Gasteiger partial charge is 0.312 e. The molecule has 2 aliphatic carbocycles. The minimum Gasteiger partial charge on any atom is -0.493 e. The highest BCUT2D eigenvalue weighted by atomic mass is 32.2. The van der Waals surface area contributed by atoms with Crippen LogP contribution < -0.4 is 29.1 Å². The van der Waals surface area contributed by atoms with Gasteiger partial charge in [0.1, 0.15) is 27.9 Å². The summed E-state index contributed by atoms with van der Waals surface area (Å²) in [6, 6.07) is 21.2. The van der Waals surface area contributed by atoms with Gasteiger partial charge in [-0.3, -0.25) is 24.7 Å². The second-order valence-corrected chi connectivity index (χ2v) is 24.7. The fraction of sp³-hybridized carbons (Fsp3) is 0.475. The first-order chi connectivity index (χ1) is 37.9. The van der Waals surface area contributed by atoms with E-state index < -0.39 is 42.9 Å². The van der Waals surface area contributed by atoms with Crippen molar-refractivity contribution in [2.24, 2.45) is 11.3 Å². The number of pyridine rings is 2. The number of rotatable bonds is 16. The summed E-state index contributed by atoms with van der Waals surface area (Å²) < 4.78 is 62.7. The van der Waals surface area contributed by atoms with E-state index in [4.69, 9.17) is 14.2 Å². The molecule has 3 aromatic heterocycles. The Morgan fingerprint density at radius 3 is 2.54 bits per heavy atom. The molecular weight excluding hydrogens is 1030 g/mol. The zero-order chi connectivity index (χ0) is 55.2. The van der Waals surface area contributed by atoms with Gasteiger partial charge in [0.2, 0.25) is 5.82 Å². The molecule has 0 unspecified atom stereocenters. The molecule has 1 atom stereocenters. The van der Waals surface area contributed by atoms with Gasteiger partial charge in [0.25, 0.3) is 15.9 Å². The number of carbonyl (C=O) groups is 1. The molecule has 79 heavy (non-hydrogen) atoms. The first kappa shape index (κ1) is 54.1. The number of nitro groups is 1. The monoisotopic (exact) mass is 1100 g/mol. The summed E-state index contributed by atoms with van der Waals surface area (Å²) in [7, 11) is -3.01. The lowest BCUT2D eigenvalue weighted by Gasteiger charge is -2.58. The Morgan fingerprint density at radius 1 is 1.00 bits per heavy atom. The zero-order valence-electron chi connectivity index (χ0n) is 45.3. The summed E-state index contributed by atoms with van der Waals surface area (Å²) in [6.07, 6.45) is 12.3. The Kier molecular flexibility index (Phi) is 15.1. The number of benzene rings is 3. The number of carbonyl (C=O) groups excluding carboxylic acids is 1. The maximum absolute atomic E-state index is 14.8. The summed E-state index contributed by atoms with van der Waals surface area (Å²) >= 11 is 0. The van der Waals surface area contributed by atoms with Gasteiger partial charge >= 0.3 is 5.69 Å². The van der Waals surface area contributed by atoms with E-state index in [1.807, 2.05) is 6.07 Å². The zero-order valence-corrected chi connectivity index (χ0v) is 46.1. The van der Waals surface area contributed by atoms with Crippen LogP contribution in [0.3, 0.4) is 0 Å². The average Bonchev–Trinajstić information content (AvgIpc) is 3.87. The summed E-state index contributed by atoms with van der Waals surface area (Å²) in [6.45, 7) is 12.6. The number of hydrogen-bond acceptors (Lipinski definition) is 15. The Hall–Kier alpha value is -6.87. The highest BCUT2D eigenvalue weighted by Crippen LogP contribution is 2.54. The highest BCUT2D eigenvalue weighted by Gasteiger charge is 2.50. The number of sulfonamides is 1. The SMILES string of the molecule is COc1ccc(CN2CCN(C3CC4(CCN(c5ccc(C(=O)NS(=O)(=O)c6cnc(NCC7CCC(C)(O)CC7)c([N+](=O)[O-])c6)c(Oc6cnc7[nH]cc(F)c7c6)c5)CC4)C3)[C@H](c3ccccc3C(C)C)C2)c2c1OCCC2. The van der Waals surface area contributed by atoms with E-state index in [1.165, 1.54) is 46.8 Å². The van der Waals surface area contributed by atoms with Crippen LogP contribution in [-0.2, 0) is 23.0 Å². The largest absolute Gasteiger partial charge is 0.493 e. The van der Waals surface area contributed by atoms with Crippen molar-refractivity contribution in [3.8, 4) is 23.0 Å². The second-order valence-electron chi connectivity index (χ2n) is 23.0. The molecule has 6 heterocycles. The lowest BCUT2D eigenvalue weighted by atomic mass is 9.59. The number of fused-ring (bicyclic) bond motifs is 2. The quantitative estimate of drug-likeness (QED) is 0.0524. The van der Waals surface area contributed by atoms with Gasteiger partial charge in [-0.25, -0.2) is 27.5 Å². The van der Waals surface area contributed by atoms with E-state index >= 15 is 0 Å². The second kappa shape index (κ2) is 22.0. The van der Waals surface area contributed by atoms with Gasteiger partial charge in [-0.1, -0.05) is 44.2 Å².